The molecule has 0 bridgehead atoms. The van der Waals surface area contributed by atoms with Gasteiger partial charge in [0.25, 0.3) is 0 Å². The summed E-state index contributed by atoms with van der Waals surface area (Å²) in [5, 5.41) is 17.1. The number of hydrogen-bond acceptors (Lipinski definition) is 10. The Morgan fingerprint density at radius 2 is 1.58 bits per heavy atom. The highest BCUT2D eigenvalue weighted by atomic mass is 32.1. The number of nitrogens with one attached hydrogen (secondary N) is 1. The lowest BCUT2D eigenvalue weighted by atomic mass is 10.1. The number of anilines is 3. The molecule has 4 aromatic rings. The number of fused-ring (bicyclic) bond motifs is 1. The Morgan fingerprint density at radius 1 is 0.930 bits per heavy atom. The zero-order valence-corrected chi connectivity index (χ0v) is 27.0. The van der Waals surface area contributed by atoms with Gasteiger partial charge in [-0.05, 0) is 78.3 Å². The first kappa shape index (κ1) is 33.1. The molecule has 0 aliphatic rings. The number of benzene rings is 2. The number of rotatable bonds is 4. The fraction of sp³-hybridized carbons (Fsp3) is 0.400. The van der Waals surface area contributed by atoms with Crippen LogP contribution in [0.1, 0.15) is 54.0 Å². The van der Waals surface area contributed by atoms with Gasteiger partial charge in [0.05, 0.1) is 17.4 Å². The Balaban J connectivity index is 0.00000162. The molecule has 0 aliphatic carbocycles. The summed E-state index contributed by atoms with van der Waals surface area (Å²) in [5.74, 6) is -0.181. The lowest BCUT2D eigenvalue weighted by molar-refractivity contribution is -0.114. The first-order chi connectivity index (χ1) is 20.0. The van der Waals surface area contributed by atoms with Gasteiger partial charge in [-0.2, -0.15) is 9.78 Å². The van der Waals surface area contributed by atoms with Crippen molar-refractivity contribution in [1.29, 1.82) is 0 Å². The summed E-state index contributed by atoms with van der Waals surface area (Å²) < 4.78 is 16.6. The van der Waals surface area contributed by atoms with E-state index in [9.17, 15) is 14.4 Å². The summed E-state index contributed by atoms with van der Waals surface area (Å²) in [6.07, 6.45) is 0.277. The van der Waals surface area contributed by atoms with Crippen molar-refractivity contribution in [3.05, 3.63) is 48.2 Å². The quantitative estimate of drug-likeness (QED) is 0.260. The van der Waals surface area contributed by atoms with Gasteiger partial charge in [-0.1, -0.05) is 23.5 Å². The minimum atomic E-state index is -0.765. The number of methoxy groups -OCH3 is 1. The molecule has 0 unspecified atom stereocenters. The third-order valence-electron chi connectivity index (χ3n) is 5.35. The molecule has 2 aromatic heterocycles. The van der Waals surface area contributed by atoms with Crippen LogP contribution in [-0.2, 0) is 19.0 Å². The van der Waals surface area contributed by atoms with Crippen LogP contribution in [0.2, 0.25) is 0 Å². The minimum absolute atomic E-state index is 0.181. The third-order valence-corrected chi connectivity index (χ3v) is 6.31. The number of ether oxygens (including phenoxy) is 3. The summed E-state index contributed by atoms with van der Waals surface area (Å²) in [5.41, 5.74) is 1.83. The van der Waals surface area contributed by atoms with Crippen molar-refractivity contribution < 1.29 is 28.6 Å². The van der Waals surface area contributed by atoms with Crippen molar-refractivity contribution in [3.63, 3.8) is 0 Å². The van der Waals surface area contributed by atoms with Crippen LogP contribution in [0.15, 0.2) is 42.6 Å². The summed E-state index contributed by atoms with van der Waals surface area (Å²) in [6.45, 7) is 14.0. The fourth-order valence-corrected chi connectivity index (χ4v) is 4.57. The van der Waals surface area contributed by atoms with Crippen LogP contribution < -0.4 is 10.2 Å². The topological polar surface area (TPSA) is 138 Å². The minimum Gasteiger partial charge on any atom is -0.443 e. The maximum atomic E-state index is 13.4. The monoisotopic (exact) mass is 610 g/mol. The van der Waals surface area contributed by atoms with Gasteiger partial charge in [0.2, 0.25) is 11.0 Å². The van der Waals surface area contributed by atoms with Gasteiger partial charge in [0, 0.05) is 37.8 Å². The summed E-state index contributed by atoms with van der Waals surface area (Å²) >= 11 is 1.19. The van der Waals surface area contributed by atoms with E-state index in [4.69, 9.17) is 9.47 Å². The van der Waals surface area contributed by atoms with Crippen LogP contribution in [-0.4, -0.2) is 63.5 Å². The molecule has 43 heavy (non-hydrogen) atoms. The van der Waals surface area contributed by atoms with E-state index in [2.05, 4.69) is 25.3 Å². The number of aromatic nitrogens is 4. The van der Waals surface area contributed by atoms with Crippen LogP contribution in [0.4, 0.5) is 26.1 Å². The number of carbonyl (C=O) groups is 3. The highest BCUT2D eigenvalue weighted by molar-refractivity contribution is 7.18. The van der Waals surface area contributed by atoms with Crippen LogP contribution in [0, 0.1) is 6.92 Å². The van der Waals surface area contributed by atoms with Crippen molar-refractivity contribution >= 4 is 56.8 Å². The molecule has 0 aliphatic heterocycles. The van der Waals surface area contributed by atoms with Crippen LogP contribution >= 0.6 is 11.3 Å². The van der Waals surface area contributed by atoms with E-state index in [0.717, 1.165) is 11.1 Å². The van der Waals surface area contributed by atoms with Crippen molar-refractivity contribution in [1.82, 2.24) is 20.0 Å². The average molecular weight is 611 g/mol. The number of nitrogens with zero attached hydrogens (tertiary/aromatic N) is 5. The second-order valence-corrected chi connectivity index (χ2v) is 12.6. The highest BCUT2D eigenvalue weighted by Crippen LogP contribution is 2.36. The lowest BCUT2D eigenvalue weighted by Gasteiger charge is -2.25. The second kappa shape index (κ2) is 13.3. The Labute approximate surface area is 254 Å². The molecular formula is C30H38N6O6S. The van der Waals surface area contributed by atoms with Gasteiger partial charge in [-0.3, -0.25) is 4.79 Å². The maximum Gasteiger partial charge on any atom is 0.435 e. The predicted molar refractivity (Wildman–Crippen MR) is 167 cm³/mol. The Hall–Kier alpha value is -4.36. The first-order valence-corrected chi connectivity index (χ1v) is 14.2. The maximum absolute atomic E-state index is 13.4. The van der Waals surface area contributed by atoms with E-state index >= 15 is 0 Å². The normalized spacial score (nSPS) is 11.4. The van der Waals surface area contributed by atoms with E-state index in [1.54, 1.807) is 74.0 Å². The fourth-order valence-electron chi connectivity index (χ4n) is 3.71. The molecule has 0 radical (unpaired) electrons. The van der Waals surface area contributed by atoms with E-state index in [1.165, 1.54) is 34.0 Å². The second-order valence-electron chi connectivity index (χ2n) is 11.6. The number of hydrogen-bond donors (Lipinski definition) is 1. The Bertz CT molecular complexity index is 1620. The van der Waals surface area contributed by atoms with Gasteiger partial charge < -0.3 is 19.5 Å². The largest absolute Gasteiger partial charge is 0.443 e. The SMILES string of the molecule is CC(=O)Nc1cc(-c2nnc(N(C(=O)OC(C)(C)C)c3ccc4c(cnn4C(=O)OC(C)(C)C)c3)s2)ccc1C.COC. The molecular weight excluding hydrogens is 572 g/mol. The van der Waals surface area contributed by atoms with Crippen molar-refractivity contribution in [2.75, 3.05) is 24.4 Å². The molecule has 0 saturated carbocycles. The van der Waals surface area contributed by atoms with Gasteiger partial charge in [0.15, 0.2) is 0 Å². The standard InChI is InChI=1S/C28H32N6O5S.C2H6O/c1-16-9-10-18(14-21(16)30-17(2)35)23-31-32-24(40-23)33(25(36)38-27(3,4)5)20-11-12-22-19(13-20)15-29-34(22)26(37)39-28(6,7)8;1-3-2/h9-15H,1-8H3,(H,30,35);1-2H3. The molecule has 12 nitrogen and oxygen atoms in total. The van der Waals surface area contributed by atoms with Crippen LogP contribution in [0.3, 0.4) is 0 Å². The van der Waals surface area contributed by atoms with Crippen LogP contribution in [0.5, 0.6) is 0 Å². The van der Waals surface area contributed by atoms with Crippen molar-refractivity contribution in [2.45, 2.75) is 66.6 Å². The van der Waals surface area contributed by atoms with Crippen molar-refractivity contribution in [3.8, 4) is 10.6 Å². The molecule has 4 rings (SSSR count). The van der Waals surface area contributed by atoms with Crippen LogP contribution in [0.25, 0.3) is 21.5 Å². The molecule has 1 N–H and O–H groups in total. The number of aryl methyl sites for hydroxylation is 1. The lowest BCUT2D eigenvalue weighted by Crippen LogP contribution is -2.33. The summed E-state index contributed by atoms with van der Waals surface area (Å²) in [7, 11) is 3.25. The number of carbonyl (C=O) groups excluding carboxylic acids is 3. The summed E-state index contributed by atoms with van der Waals surface area (Å²) in [4.78, 5) is 39.0. The van der Waals surface area contributed by atoms with E-state index in [1.807, 2.05) is 25.1 Å². The van der Waals surface area contributed by atoms with Gasteiger partial charge in [0.1, 0.15) is 16.2 Å². The van der Waals surface area contributed by atoms with Crippen molar-refractivity contribution in [2.24, 2.45) is 0 Å². The molecule has 13 heteroatoms. The summed E-state index contributed by atoms with van der Waals surface area (Å²) in [6, 6.07) is 10.6. The third kappa shape index (κ3) is 8.82. The molecule has 0 saturated heterocycles. The molecule has 2 amide bonds. The average Bonchev–Trinajstić information content (AvgIpc) is 3.51. The van der Waals surface area contributed by atoms with E-state index in [0.29, 0.717) is 27.3 Å². The predicted octanol–water partition coefficient (Wildman–Crippen LogP) is 6.94. The molecule has 0 atom stereocenters. The molecule has 230 valence electrons. The first-order valence-electron chi connectivity index (χ1n) is 13.4. The molecule has 0 fully saturated rings. The Morgan fingerprint density at radius 3 is 2.19 bits per heavy atom. The highest BCUT2D eigenvalue weighted by Gasteiger charge is 2.29. The molecule has 0 spiro atoms. The van der Waals surface area contributed by atoms with E-state index in [-0.39, 0.29) is 11.0 Å². The Kier molecular flexibility index (Phi) is 10.3. The van der Waals surface area contributed by atoms with Gasteiger partial charge in [-0.15, -0.1) is 10.2 Å². The van der Waals surface area contributed by atoms with Gasteiger partial charge in [-0.25, -0.2) is 14.5 Å². The van der Waals surface area contributed by atoms with Gasteiger partial charge >= 0.3 is 12.2 Å². The zero-order chi connectivity index (χ0) is 32.1. The molecule has 2 aromatic carbocycles. The zero-order valence-electron chi connectivity index (χ0n) is 26.1. The smallest absolute Gasteiger partial charge is 0.435 e. The number of amides is 2. The van der Waals surface area contributed by atoms with E-state index < -0.39 is 23.4 Å². The molecule has 2 heterocycles.